The molecule has 2 aromatic carbocycles. The zero-order chi connectivity index (χ0) is 21.3. The van der Waals surface area contributed by atoms with E-state index in [2.05, 4.69) is 29.2 Å². The molecule has 0 bridgehead atoms. The van der Waals surface area contributed by atoms with Crippen LogP contribution in [0.3, 0.4) is 0 Å². The molecule has 0 aliphatic heterocycles. The van der Waals surface area contributed by atoms with Crippen LogP contribution in [-0.4, -0.2) is 26.6 Å². The van der Waals surface area contributed by atoms with Gasteiger partial charge in [-0.1, -0.05) is 55.8 Å². The SMILES string of the molecule is CC(Oc1ccccc1C(C)C)C(=O)Nc1nc2scc(-c3ccc(Cl)cc3)n2n1. The Bertz CT molecular complexity index is 1180. The Morgan fingerprint density at radius 2 is 1.87 bits per heavy atom. The number of halogens is 1. The second-order valence-electron chi connectivity index (χ2n) is 7.20. The maximum absolute atomic E-state index is 12.7. The molecule has 4 rings (SSSR count). The van der Waals surface area contributed by atoms with Crippen LogP contribution in [0.2, 0.25) is 5.02 Å². The Kier molecular flexibility index (Phi) is 5.74. The number of anilines is 1. The van der Waals surface area contributed by atoms with Gasteiger partial charge in [-0.15, -0.1) is 16.4 Å². The van der Waals surface area contributed by atoms with Gasteiger partial charge in [0.25, 0.3) is 11.9 Å². The number of rotatable bonds is 6. The van der Waals surface area contributed by atoms with Crippen LogP contribution < -0.4 is 10.1 Å². The van der Waals surface area contributed by atoms with Crippen molar-refractivity contribution in [2.24, 2.45) is 0 Å². The van der Waals surface area contributed by atoms with E-state index < -0.39 is 6.10 Å². The second-order valence-corrected chi connectivity index (χ2v) is 8.47. The van der Waals surface area contributed by atoms with E-state index >= 15 is 0 Å². The normalized spacial score (nSPS) is 12.3. The van der Waals surface area contributed by atoms with Crippen LogP contribution in [0, 0.1) is 0 Å². The third-order valence-electron chi connectivity index (χ3n) is 4.67. The lowest BCUT2D eigenvalue weighted by Crippen LogP contribution is -2.31. The fourth-order valence-electron chi connectivity index (χ4n) is 3.07. The molecule has 1 atom stereocenters. The van der Waals surface area contributed by atoms with Crippen molar-refractivity contribution in [3.63, 3.8) is 0 Å². The molecule has 0 saturated carbocycles. The lowest BCUT2D eigenvalue weighted by atomic mass is 10.0. The third-order valence-corrected chi connectivity index (χ3v) is 5.74. The van der Waals surface area contributed by atoms with Gasteiger partial charge in [-0.2, -0.15) is 4.98 Å². The van der Waals surface area contributed by atoms with E-state index in [0.717, 1.165) is 16.8 Å². The number of amides is 1. The maximum Gasteiger partial charge on any atom is 0.267 e. The summed E-state index contributed by atoms with van der Waals surface area (Å²) in [6.45, 7) is 5.89. The van der Waals surface area contributed by atoms with Crippen LogP contribution in [0.15, 0.2) is 53.9 Å². The van der Waals surface area contributed by atoms with Crippen LogP contribution in [0.4, 0.5) is 5.95 Å². The molecule has 6 nitrogen and oxygen atoms in total. The van der Waals surface area contributed by atoms with Crippen molar-refractivity contribution in [1.29, 1.82) is 0 Å². The molecule has 154 valence electrons. The summed E-state index contributed by atoms with van der Waals surface area (Å²) in [5.74, 6) is 0.942. The van der Waals surface area contributed by atoms with Gasteiger partial charge in [-0.25, -0.2) is 4.52 Å². The van der Waals surface area contributed by atoms with Crippen molar-refractivity contribution in [3.05, 3.63) is 64.5 Å². The number of hydrogen-bond acceptors (Lipinski definition) is 5. The van der Waals surface area contributed by atoms with Gasteiger partial charge in [-0.05, 0) is 36.6 Å². The van der Waals surface area contributed by atoms with Crippen molar-refractivity contribution in [2.45, 2.75) is 32.8 Å². The van der Waals surface area contributed by atoms with Crippen molar-refractivity contribution in [2.75, 3.05) is 5.32 Å². The van der Waals surface area contributed by atoms with Crippen LogP contribution in [0.5, 0.6) is 5.75 Å². The van der Waals surface area contributed by atoms with Gasteiger partial charge >= 0.3 is 0 Å². The number of benzene rings is 2. The van der Waals surface area contributed by atoms with Gasteiger partial charge in [0.15, 0.2) is 6.10 Å². The summed E-state index contributed by atoms with van der Waals surface area (Å²) in [5.41, 5.74) is 2.91. The first-order valence-electron chi connectivity index (χ1n) is 9.59. The highest BCUT2D eigenvalue weighted by Gasteiger charge is 2.20. The van der Waals surface area contributed by atoms with Gasteiger partial charge in [-0.3, -0.25) is 10.1 Å². The minimum atomic E-state index is -0.692. The minimum absolute atomic E-state index is 0.245. The van der Waals surface area contributed by atoms with Gasteiger partial charge in [0, 0.05) is 16.0 Å². The largest absolute Gasteiger partial charge is 0.481 e. The minimum Gasteiger partial charge on any atom is -0.481 e. The molecule has 1 N–H and O–H groups in total. The van der Waals surface area contributed by atoms with Gasteiger partial charge in [0.2, 0.25) is 4.96 Å². The average Bonchev–Trinajstić information content (AvgIpc) is 3.29. The maximum atomic E-state index is 12.7. The van der Waals surface area contributed by atoms with Crippen molar-refractivity contribution in [3.8, 4) is 17.0 Å². The first-order valence-corrected chi connectivity index (χ1v) is 10.8. The molecule has 1 unspecified atom stereocenters. The number of hydrogen-bond donors (Lipinski definition) is 1. The molecule has 0 fully saturated rings. The highest BCUT2D eigenvalue weighted by atomic mass is 35.5. The molecule has 2 aromatic heterocycles. The van der Waals surface area contributed by atoms with Gasteiger partial charge in [0.1, 0.15) is 5.75 Å². The molecule has 0 spiro atoms. The number of carbonyl (C=O) groups excluding carboxylic acids is 1. The monoisotopic (exact) mass is 440 g/mol. The highest BCUT2D eigenvalue weighted by Crippen LogP contribution is 2.28. The van der Waals surface area contributed by atoms with E-state index in [0.29, 0.717) is 21.7 Å². The number of para-hydroxylation sites is 1. The standard InChI is InChI=1S/C22H21ClN4O2S/c1-13(2)17-6-4-5-7-19(17)29-14(3)20(28)24-21-25-22-27(26-21)18(12-30-22)15-8-10-16(23)11-9-15/h4-14H,1-3H3,(H,24,26,28). The lowest BCUT2D eigenvalue weighted by Gasteiger charge is -2.18. The predicted molar refractivity (Wildman–Crippen MR) is 121 cm³/mol. The van der Waals surface area contributed by atoms with Crippen molar-refractivity contribution >= 4 is 39.8 Å². The zero-order valence-corrected chi connectivity index (χ0v) is 18.4. The van der Waals surface area contributed by atoms with E-state index in [1.54, 1.807) is 11.4 Å². The molecule has 0 saturated heterocycles. The number of nitrogens with one attached hydrogen (secondary N) is 1. The number of fused-ring (bicyclic) bond motifs is 1. The quantitative estimate of drug-likeness (QED) is 0.421. The summed E-state index contributed by atoms with van der Waals surface area (Å²) in [6, 6.07) is 15.2. The van der Waals surface area contributed by atoms with Crippen LogP contribution in [-0.2, 0) is 4.79 Å². The number of nitrogens with zero attached hydrogens (tertiary/aromatic N) is 3. The van der Waals surface area contributed by atoms with Gasteiger partial charge in [0.05, 0.1) is 5.69 Å². The van der Waals surface area contributed by atoms with E-state index in [1.165, 1.54) is 11.3 Å². The number of aromatic nitrogens is 3. The fraction of sp³-hybridized carbons (Fsp3) is 0.227. The molecule has 4 aromatic rings. The smallest absolute Gasteiger partial charge is 0.267 e. The zero-order valence-electron chi connectivity index (χ0n) is 16.8. The Morgan fingerprint density at radius 1 is 1.13 bits per heavy atom. The fourth-order valence-corrected chi connectivity index (χ4v) is 4.03. The number of carbonyl (C=O) groups is 1. The summed E-state index contributed by atoms with van der Waals surface area (Å²) in [6.07, 6.45) is -0.692. The van der Waals surface area contributed by atoms with Gasteiger partial charge < -0.3 is 4.74 Å². The number of thiazole rings is 1. The topological polar surface area (TPSA) is 68.5 Å². The average molecular weight is 441 g/mol. The molecule has 0 aliphatic carbocycles. The van der Waals surface area contributed by atoms with Crippen LogP contribution >= 0.6 is 22.9 Å². The summed E-state index contributed by atoms with van der Waals surface area (Å²) >= 11 is 7.43. The number of ether oxygens (including phenoxy) is 1. The summed E-state index contributed by atoms with van der Waals surface area (Å²) in [7, 11) is 0. The van der Waals surface area contributed by atoms with E-state index in [-0.39, 0.29) is 11.9 Å². The predicted octanol–water partition coefficient (Wildman–Crippen LogP) is 5.64. The Balaban J connectivity index is 1.50. The summed E-state index contributed by atoms with van der Waals surface area (Å²) in [5, 5.41) is 9.84. The second kappa shape index (κ2) is 8.45. The van der Waals surface area contributed by atoms with Crippen molar-refractivity contribution in [1.82, 2.24) is 14.6 Å². The molecule has 2 heterocycles. The van der Waals surface area contributed by atoms with E-state index in [4.69, 9.17) is 16.3 Å². The van der Waals surface area contributed by atoms with Crippen LogP contribution in [0.25, 0.3) is 16.2 Å². The molecular formula is C22H21ClN4O2S. The molecule has 0 aliphatic rings. The molecular weight excluding hydrogens is 420 g/mol. The van der Waals surface area contributed by atoms with E-state index in [9.17, 15) is 4.79 Å². The third kappa shape index (κ3) is 4.17. The summed E-state index contributed by atoms with van der Waals surface area (Å²) < 4.78 is 7.63. The Hall–Kier alpha value is -2.90. The molecule has 8 heteroatoms. The summed E-state index contributed by atoms with van der Waals surface area (Å²) in [4.78, 5) is 17.7. The Morgan fingerprint density at radius 3 is 2.60 bits per heavy atom. The lowest BCUT2D eigenvalue weighted by molar-refractivity contribution is -0.122. The van der Waals surface area contributed by atoms with E-state index in [1.807, 2.05) is 53.9 Å². The molecule has 30 heavy (non-hydrogen) atoms. The first kappa shape index (κ1) is 20.4. The molecule has 1 amide bonds. The first-order chi connectivity index (χ1) is 14.4. The highest BCUT2D eigenvalue weighted by molar-refractivity contribution is 7.15. The Labute approximate surface area is 183 Å². The van der Waals surface area contributed by atoms with Crippen molar-refractivity contribution < 1.29 is 9.53 Å². The van der Waals surface area contributed by atoms with Crippen LogP contribution in [0.1, 0.15) is 32.3 Å². The molecule has 0 radical (unpaired) electrons.